The maximum Gasteiger partial charge on any atom is 0.138 e. The van der Waals surface area contributed by atoms with Crippen molar-refractivity contribution in [2.75, 3.05) is 20.3 Å². The molecule has 0 aliphatic carbocycles. The van der Waals surface area contributed by atoms with Crippen molar-refractivity contribution in [3.63, 3.8) is 0 Å². The number of rotatable bonds is 6. The van der Waals surface area contributed by atoms with Crippen molar-refractivity contribution in [3.8, 4) is 5.69 Å². The molecule has 0 radical (unpaired) electrons. The summed E-state index contributed by atoms with van der Waals surface area (Å²) < 4.78 is 6.64. The molecule has 0 fully saturated rings. The van der Waals surface area contributed by atoms with Crippen LogP contribution in [0.2, 0.25) is 5.02 Å². The highest BCUT2D eigenvalue weighted by Crippen LogP contribution is 2.19. The van der Waals surface area contributed by atoms with Gasteiger partial charge in [0.05, 0.1) is 12.3 Å². The molecule has 18 heavy (non-hydrogen) atoms. The van der Waals surface area contributed by atoms with Gasteiger partial charge in [-0.2, -0.15) is 5.10 Å². The molecule has 0 saturated carbocycles. The van der Waals surface area contributed by atoms with Crippen molar-refractivity contribution in [2.45, 2.75) is 6.54 Å². The highest BCUT2D eigenvalue weighted by molar-refractivity contribution is 6.31. The van der Waals surface area contributed by atoms with Crippen molar-refractivity contribution in [3.05, 3.63) is 41.4 Å². The molecule has 1 aromatic carbocycles. The summed E-state index contributed by atoms with van der Waals surface area (Å²) in [6.45, 7) is 2.21. The van der Waals surface area contributed by atoms with Crippen LogP contribution in [0.25, 0.3) is 5.69 Å². The Bertz CT molecular complexity index is 487. The predicted octanol–water partition coefficient (Wildman–Crippen LogP) is 1.66. The molecule has 1 aromatic heterocycles. The fraction of sp³-hybridized carbons (Fsp3) is 0.333. The minimum absolute atomic E-state index is 0.689. The number of hydrogen-bond donors (Lipinski definition) is 1. The SMILES string of the molecule is COCCNCc1ccc(-n2cncn2)cc1Cl. The van der Waals surface area contributed by atoms with E-state index in [1.807, 2.05) is 18.2 Å². The van der Waals surface area contributed by atoms with E-state index in [2.05, 4.69) is 15.4 Å². The lowest BCUT2D eigenvalue weighted by Crippen LogP contribution is -2.18. The van der Waals surface area contributed by atoms with E-state index in [1.54, 1.807) is 18.1 Å². The number of halogens is 1. The molecule has 6 heteroatoms. The summed E-state index contributed by atoms with van der Waals surface area (Å²) >= 11 is 6.23. The molecule has 96 valence electrons. The van der Waals surface area contributed by atoms with E-state index in [0.29, 0.717) is 11.6 Å². The van der Waals surface area contributed by atoms with Gasteiger partial charge in [0, 0.05) is 25.2 Å². The van der Waals surface area contributed by atoms with Crippen LogP contribution in [0, 0.1) is 0 Å². The lowest BCUT2D eigenvalue weighted by atomic mass is 10.2. The molecular formula is C12H15ClN4O. The van der Waals surface area contributed by atoms with Gasteiger partial charge >= 0.3 is 0 Å². The fourth-order valence-corrected chi connectivity index (χ4v) is 1.80. The molecule has 0 saturated heterocycles. The highest BCUT2D eigenvalue weighted by Gasteiger charge is 2.03. The third-order valence-corrected chi connectivity index (χ3v) is 2.87. The minimum atomic E-state index is 0.689. The Morgan fingerprint density at radius 1 is 1.44 bits per heavy atom. The maximum atomic E-state index is 6.23. The molecule has 0 atom stereocenters. The third kappa shape index (κ3) is 3.29. The van der Waals surface area contributed by atoms with Crippen molar-refractivity contribution in [1.82, 2.24) is 20.1 Å². The molecule has 0 bridgehead atoms. The molecule has 0 aliphatic rings. The zero-order valence-corrected chi connectivity index (χ0v) is 10.9. The third-order valence-electron chi connectivity index (χ3n) is 2.52. The molecule has 0 spiro atoms. The van der Waals surface area contributed by atoms with Gasteiger partial charge in [-0.05, 0) is 17.7 Å². The van der Waals surface area contributed by atoms with Crippen LogP contribution >= 0.6 is 11.6 Å². The van der Waals surface area contributed by atoms with Crippen LogP contribution in [0.1, 0.15) is 5.56 Å². The predicted molar refractivity (Wildman–Crippen MR) is 70.0 cm³/mol. The first kappa shape index (κ1) is 13.0. The number of nitrogens with one attached hydrogen (secondary N) is 1. The summed E-state index contributed by atoms with van der Waals surface area (Å²) in [5, 5.41) is 8.03. The number of methoxy groups -OCH3 is 1. The molecular weight excluding hydrogens is 252 g/mol. The molecule has 0 amide bonds. The van der Waals surface area contributed by atoms with Gasteiger partial charge in [0.2, 0.25) is 0 Å². The zero-order chi connectivity index (χ0) is 12.8. The zero-order valence-electron chi connectivity index (χ0n) is 10.1. The van der Waals surface area contributed by atoms with E-state index in [9.17, 15) is 0 Å². The first-order chi connectivity index (χ1) is 8.81. The standard InChI is InChI=1S/C12H15ClN4O/c1-18-5-4-14-7-10-2-3-11(6-12(10)13)17-9-15-8-16-17/h2-3,6,8-9,14H,4-5,7H2,1H3. The molecule has 0 aliphatic heterocycles. The number of aromatic nitrogens is 3. The van der Waals surface area contributed by atoms with Gasteiger partial charge in [-0.1, -0.05) is 17.7 Å². The summed E-state index contributed by atoms with van der Waals surface area (Å²) in [4.78, 5) is 3.90. The summed E-state index contributed by atoms with van der Waals surface area (Å²) in [7, 11) is 1.68. The van der Waals surface area contributed by atoms with Crippen LogP contribution in [-0.4, -0.2) is 35.0 Å². The smallest absolute Gasteiger partial charge is 0.138 e. The van der Waals surface area contributed by atoms with Crippen LogP contribution in [0.5, 0.6) is 0 Å². The van der Waals surface area contributed by atoms with Gasteiger partial charge in [-0.15, -0.1) is 0 Å². The second-order valence-corrected chi connectivity index (χ2v) is 4.19. The van der Waals surface area contributed by atoms with Crippen LogP contribution in [-0.2, 0) is 11.3 Å². The summed E-state index contributed by atoms with van der Waals surface area (Å²) in [5.41, 5.74) is 1.95. The molecule has 0 unspecified atom stereocenters. The van der Waals surface area contributed by atoms with E-state index in [4.69, 9.17) is 16.3 Å². The van der Waals surface area contributed by atoms with Gasteiger partial charge in [0.15, 0.2) is 0 Å². The molecule has 2 rings (SSSR count). The van der Waals surface area contributed by atoms with Gasteiger partial charge in [0.1, 0.15) is 12.7 Å². The largest absolute Gasteiger partial charge is 0.383 e. The molecule has 5 nitrogen and oxygen atoms in total. The van der Waals surface area contributed by atoms with Crippen LogP contribution in [0.15, 0.2) is 30.9 Å². The topological polar surface area (TPSA) is 52.0 Å². The second-order valence-electron chi connectivity index (χ2n) is 3.79. The summed E-state index contributed by atoms with van der Waals surface area (Å²) in [5.74, 6) is 0. The number of benzene rings is 1. The molecule has 1 heterocycles. The highest BCUT2D eigenvalue weighted by atomic mass is 35.5. The Hall–Kier alpha value is -1.43. The van der Waals surface area contributed by atoms with Crippen LogP contribution < -0.4 is 5.32 Å². The number of ether oxygens (including phenoxy) is 1. The van der Waals surface area contributed by atoms with E-state index in [-0.39, 0.29) is 0 Å². The first-order valence-electron chi connectivity index (χ1n) is 5.64. The van der Waals surface area contributed by atoms with Crippen LogP contribution in [0.3, 0.4) is 0 Å². The summed E-state index contributed by atoms with van der Waals surface area (Å²) in [6.07, 6.45) is 3.14. The lowest BCUT2D eigenvalue weighted by Gasteiger charge is -2.08. The fourth-order valence-electron chi connectivity index (χ4n) is 1.56. The Morgan fingerprint density at radius 3 is 3.00 bits per heavy atom. The van der Waals surface area contributed by atoms with Crippen molar-refractivity contribution in [1.29, 1.82) is 0 Å². The lowest BCUT2D eigenvalue weighted by molar-refractivity contribution is 0.199. The van der Waals surface area contributed by atoms with Gasteiger partial charge in [-0.25, -0.2) is 9.67 Å². The van der Waals surface area contributed by atoms with Crippen molar-refractivity contribution in [2.24, 2.45) is 0 Å². The van der Waals surface area contributed by atoms with Gasteiger partial charge in [0.25, 0.3) is 0 Å². The normalized spacial score (nSPS) is 10.8. The second kappa shape index (κ2) is 6.49. The minimum Gasteiger partial charge on any atom is -0.383 e. The average Bonchev–Trinajstić information content (AvgIpc) is 2.90. The van der Waals surface area contributed by atoms with Crippen LogP contribution in [0.4, 0.5) is 0 Å². The van der Waals surface area contributed by atoms with Gasteiger partial charge < -0.3 is 10.1 Å². The van der Waals surface area contributed by atoms with Gasteiger partial charge in [-0.3, -0.25) is 0 Å². The summed E-state index contributed by atoms with van der Waals surface area (Å²) in [6, 6.07) is 5.83. The first-order valence-corrected chi connectivity index (χ1v) is 6.02. The van der Waals surface area contributed by atoms with E-state index < -0.39 is 0 Å². The monoisotopic (exact) mass is 266 g/mol. The number of hydrogen-bond acceptors (Lipinski definition) is 4. The van der Waals surface area contributed by atoms with E-state index >= 15 is 0 Å². The average molecular weight is 267 g/mol. The quantitative estimate of drug-likeness (QED) is 0.808. The van der Waals surface area contributed by atoms with E-state index in [1.165, 1.54) is 6.33 Å². The number of nitrogens with zero attached hydrogens (tertiary/aromatic N) is 3. The Kier molecular flexibility index (Phi) is 4.69. The Morgan fingerprint density at radius 2 is 2.33 bits per heavy atom. The Labute approximate surface area is 111 Å². The Balaban J connectivity index is 2.01. The van der Waals surface area contributed by atoms with Crippen molar-refractivity contribution >= 4 is 11.6 Å². The van der Waals surface area contributed by atoms with E-state index in [0.717, 1.165) is 24.3 Å². The van der Waals surface area contributed by atoms with Crippen molar-refractivity contribution < 1.29 is 4.74 Å². The maximum absolute atomic E-state index is 6.23. The molecule has 2 aromatic rings. The molecule has 1 N–H and O–H groups in total.